The van der Waals surface area contributed by atoms with E-state index in [1.807, 2.05) is 0 Å². The van der Waals surface area contributed by atoms with Crippen LogP contribution in [0.2, 0.25) is 0 Å². The number of carbonyl (C=O) groups excluding carboxylic acids is 1. The average molecular weight is 131 g/mol. The van der Waals surface area contributed by atoms with Gasteiger partial charge in [0, 0.05) is 19.7 Å². The first kappa shape index (κ1) is 8.14. The summed E-state index contributed by atoms with van der Waals surface area (Å²) < 4.78 is 11.6. The maximum Gasteiger partial charge on any atom is 0.251 e. The van der Waals surface area contributed by atoms with E-state index >= 15 is 0 Å². The van der Waals surface area contributed by atoms with Gasteiger partial charge in [-0.2, -0.15) is 0 Å². The number of hydrogen-bond acceptors (Lipinski definition) is 1. The predicted octanol–water partition coefficient (Wildman–Crippen LogP) is 0.948. The fourth-order valence-corrected chi connectivity index (χ4v) is 0.399. The SMILES string of the molecule is C/C(=C\F)C(=O)N(C)C. The normalized spacial score (nSPS) is 11.3. The number of nitrogens with zero attached hydrogens (tertiary/aromatic N) is 1. The monoisotopic (exact) mass is 131 g/mol. The first-order valence-electron chi connectivity index (χ1n) is 2.58. The third-order valence-corrected chi connectivity index (χ3v) is 0.907. The van der Waals surface area contributed by atoms with Crippen LogP contribution in [0.4, 0.5) is 4.39 Å². The van der Waals surface area contributed by atoms with E-state index in [0.29, 0.717) is 6.33 Å². The molecule has 0 aromatic heterocycles. The van der Waals surface area contributed by atoms with Crippen molar-refractivity contribution in [2.75, 3.05) is 14.1 Å². The lowest BCUT2D eigenvalue weighted by Gasteiger charge is -2.08. The van der Waals surface area contributed by atoms with Gasteiger partial charge in [-0.25, -0.2) is 4.39 Å². The Hall–Kier alpha value is -0.860. The molecule has 3 heteroatoms. The zero-order valence-corrected chi connectivity index (χ0v) is 5.81. The highest BCUT2D eigenvalue weighted by molar-refractivity contribution is 5.92. The molecule has 2 nitrogen and oxygen atoms in total. The summed E-state index contributed by atoms with van der Waals surface area (Å²) in [5.74, 6) is -0.294. The molecule has 0 aliphatic heterocycles. The van der Waals surface area contributed by atoms with Crippen LogP contribution in [0.15, 0.2) is 11.9 Å². The number of rotatable bonds is 1. The van der Waals surface area contributed by atoms with Crippen LogP contribution in [-0.4, -0.2) is 24.9 Å². The number of amides is 1. The van der Waals surface area contributed by atoms with Crippen molar-refractivity contribution in [3.63, 3.8) is 0 Å². The second-order valence-corrected chi connectivity index (χ2v) is 1.99. The van der Waals surface area contributed by atoms with E-state index in [2.05, 4.69) is 0 Å². The lowest BCUT2D eigenvalue weighted by molar-refractivity contribution is -0.124. The van der Waals surface area contributed by atoms with Crippen LogP contribution < -0.4 is 0 Å². The summed E-state index contributed by atoms with van der Waals surface area (Å²) >= 11 is 0. The molecule has 0 heterocycles. The van der Waals surface area contributed by atoms with E-state index in [0.717, 1.165) is 0 Å². The van der Waals surface area contributed by atoms with Gasteiger partial charge in [-0.1, -0.05) is 0 Å². The van der Waals surface area contributed by atoms with Crippen molar-refractivity contribution >= 4 is 5.91 Å². The molecule has 0 radical (unpaired) electrons. The molecular formula is C6H10FNO. The molecule has 0 N–H and O–H groups in total. The Balaban J connectivity index is 4.06. The Kier molecular flexibility index (Phi) is 2.91. The maximum absolute atomic E-state index is 11.6. The third kappa shape index (κ3) is 2.26. The van der Waals surface area contributed by atoms with Gasteiger partial charge in [-0.05, 0) is 6.92 Å². The van der Waals surface area contributed by atoms with Crippen LogP contribution >= 0.6 is 0 Å². The Morgan fingerprint density at radius 1 is 1.56 bits per heavy atom. The highest BCUT2D eigenvalue weighted by Crippen LogP contribution is 1.95. The molecule has 0 spiro atoms. The smallest absolute Gasteiger partial charge is 0.251 e. The van der Waals surface area contributed by atoms with Crippen LogP contribution in [0.3, 0.4) is 0 Å². The van der Waals surface area contributed by atoms with Crippen LogP contribution in [-0.2, 0) is 4.79 Å². The van der Waals surface area contributed by atoms with Gasteiger partial charge in [0.25, 0.3) is 5.91 Å². The minimum atomic E-state index is -0.294. The Bertz CT molecular complexity index is 140. The van der Waals surface area contributed by atoms with Gasteiger partial charge in [-0.3, -0.25) is 4.79 Å². The topological polar surface area (TPSA) is 20.3 Å². The highest BCUT2D eigenvalue weighted by atomic mass is 19.1. The van der Waals surface area contributed by atoms with E-state index in [-0.39, 0.29) is 11.5 Å². The van der Waals surface area contributed by atoms with Crippen molar-refractivity contribution < 1.29 is 9.18 Å². The van der Waals surface area contributed by atoms with Crippen LogP contribution in [0.1, 0.15) is 6.92 Å². The first-order chi connectivity index (χ1) is 4.09. The molecule has 0 saturated carbocycles. The summed E-state index contributed by atoms with van der Waals surface area (Å²) in [6, 6.07) is 0. The zero-order valence-electron chi connectivity index (χ0n) is 5.81. The van der Waals surface area contributed by atoms with Crippen LogP contribution in [0, 0.1) is 0 Å². The average Bonchev–Trinajstić information content (AvgIpc) is 1.84. The van der Waals surface area contributed by atoms with E-state index in [1.54, 1.807) is 14.1 Å². The molecule has 0 rings (SSSR count). The molecule has 52 valence electrons. The Labute approximate surface area is 54.0 Å². The van der Waals surface area contributed by atoms with Crippen molar-refractivity contribution in [3.8, 4) is 0 Å². The van der Waals surface area contributed by atoms with Crippen molar-refractivity contribution in [3.05, 3.63) is 11.9 Å². The number of likely N-dealkylation sites (N-methyl/N-ethyl adjacent to an activating group) is 1. The van der Waals surface area contributed by atoms with Gasteiger partial charge in [0.1, 0.15) is 0 Å². The van der Waals surface area contributed by atoms with E-state index in [1.165, 1.54) is 11.8 Å². The van der Waals surface area contributed by atoms with Crippen molar-refractivity contribution in [1.82, 2.24) is 4.90 Å². The minimum absolute atomic E-state index is 0.125. The summed E-state index contributed by atoms with van der Waals surface area (Å²) in [4.78, 5) is 12.0. The summed E-state index contributed by atoms with van der Waals surface area (Å²) in [7, 11) is 3.16. The summed E-state index contributed by atoms with van der Waals surface area (Å²) in [5, 5.41) is 0. The maximum atomic E-state index is 11.6. The lowest BCUT2D eigenvalue weighted by Crippen LogP contribution is -2.22. The van der Waals surface area contributed by atoms with E-state index in [9.17, 15) is 9.18 Å². The third-order valence-electron chi connectivity index (χ3n) is 0.907. The van der Waals surface area contributed by atoms with Crippen LogP contribution in [0.25, 0.3) is 0 Å². The molecule has 0 aliphatic carbocycles. The fraction of sp³-hybridized carbons (Fsp3) is 0.500. The van der Waals surface area contributed by atoms with Gasteiger partial charge < -0.3 is 4.90 Å². The van der Waals surface area contributed by atoms with Gasteiger partial charge in [0.15, 0.2) is 0 Å². The standard InChI is InChI=1S/C6H10FNO/c1-5(4-7)6(9)8(2)3/h4H,1-3H3/b5-4+. The molecule has 0 fully saturated rings. The second-order valence-electron chi connectivity index (χ2n) is 1.99. The molecule has 0 atom stereocenters. The molecule has 0 bridgehead atoms. The number of halogens is 1. The fourth-order valence-electron chi connectivity index (χ4n) is 0.399. The molecule has 0 aromatic carbocycles. The van der Waals surface area contributed by atoms with Crippen molar-refractivity contribution in [1.29, 1.82) is 0 Å². The van der Waals surface area contributed by atoms with Crippen molar-refractivity contribution in [2.45, 2.75) is 6.92 Å². The molecule has 0 aromatic rings. The van der Waals surface area contributed by atoms with E-state index in [4.69, 9.17) is 0 Å². The second kappa shape index (κ2) is 3.22. The van der Waals surface area contributed by atoms with Gasteiger partial charge in [0.2, 0.25) is 0 Å². The Morgan fingerprint density at radius 3 is 2.11 bits per heavy atom. The quantitative estimate of drug-likeness (QED) is 0.485. The minimum Gasteiger partial charge on any atom is -0.345 e. The Morgan fingerprint density at radius 2 is 2.00 bits per heavy atom. The molecule has 9 heavy (non-hydrogen) atoms. The van der Waals surface area contributed by atoms with Crippen LogP contribution in [0.5, 0.6) is 0 Å². The first-order valence-corrected chi connectivity index (χ1v) is 2.58. The van der Waals surface area contributed by atoms with E-state index < -0.39 is 0 Å². The molecule has 0 unspecified atom stereocenters. The molecule has 0 aliphatic rings. The summed E-state index contributed by atoms with van der Waals surface area (Å²) in [6.07, 6.45) is 0.308. The van der Waals surface area contributed by atoms with Gasteiger partial charge in [-0.15, -0.1) is 0 Å². The molecule has 0 saturated heterocycles. The summed E-state index contributed by atoms with van der Waals surface area (Å²) in [6.45, 7) is 1.43. The van der Waals surface area contributed by atoms with Gasteiger partial charge >= 0.3 is 0 Å². The molecule has 1 amide bonds. The lowest BCUT2D eigenvalue weighted by atomic mass is 10.3. The highest BCUT2D eigenvalue weighted by Gasteiger charge is 2.04. The van der Waals surface area contributed by atoms with Gasteiger partial charge in [0.05, 0.1) is 6.33 Å². The zero-order chi connectivity index (χ0) is 7.44. The largest absolute Gasteiger partial charge is 0.345 e. The molecular weight excluding hydrogens is 121 g/mol. The summed E-state index contributed by atoms with van der Waals surface area (Å²) in [5.41, 5.74) is 0.125. The number of carbonyl (C=O) groups is 1. The predicted molar refractivity (Wildman–Crippen MR) is 33.6 cm³/mol. The number of hydrogen-bond donors (Lipinski definition) is 0. The van der Waals surface area contributed by atoms with Crippen molar-refractivity contribution in [2.24, 2.45) is 0 Å².